The Morgan fingerprint density at radius 2 is 1.16 bits per heavy atom. The average Bonchev–Trinajstić information content (AvgIpc) is 3.61. The van der Waals surface area contributed by atoms with Gasteiger partial charge in [0.15, 0.2) is 0 Å². The van der Waals surface area contributed by atoms with Crippen LogP contribution in [0.5, 0.6) is 0 Å². The first-order valence-electron chi connectivity index (χ1n) is 24.0. The minimum Gasteiger partial charge on any atom is -0.310 e. The Balaban J connectivity index is 1.31. The molecule has 0 saturated heterocycles. The number of rotatable bonds is 3. The molecular weight excluding hydrogens is 792 g/mol. The third-order valence-electron chi connectivity index (χ3n) is 16.2. The summed E-state index contributed by atoms with van der Waals surface area (Å²) >= 11 is 2.01. The molecule has 11 rings (SSSR count). The van der Waals surface area contributed by atoms with Crippen LogP contribution in [-0.4, -0.2) is 6.71 Å². The van der Waals surface area contributed by atoms with Crippen LogP contribution in [0.25, 0.3) is 21.2 Å². The molecule has 6 aromatic carbocycles. The van der Waals surface area contributed by atoms with Crippen molar-refractivity contribution in [2.45, 2.75) is 143 Å². The van der Waals surface area contributed by atoms with Crippen molar-refractivity contribution in [3.63, 3.8) is 0 Å². The predicted octanol–water partition coefficient (Wildman–Crippen LogP) is 15.3. The average molecular weight is 857 g/mol. The van der Waals surface area contributed by atoms with Crippen LogP contribution in [0.15, 0.2) is 109 Å². The van der Waals surface area contributed by atoms with Gasteiger partial charge in [-0.2, -0.15) is 0 Å². The van der Waals surface area contributed by atoms with Crippen LogP contribution < -0.4 is 25.5 Å². The Morgan fingerprint density at radius 3 is 1.81 bits per heavy atom. The van der Waals surface area contributed by atoms with E-state index in [1.807, 2.05) is 11.3 Å². The van der Waals surface area contributed by atoms with Gasteiger partial charge in [-0.3, -0.25) is 0 Å². The molecule has 64 heavy (non-hydrogen) atoms. The number of aryl methyl sites for hydroxylation is 2. The van der Waals surface area contributed by atoms with Crippen molar-refractivity contribution in [3.05, 3.63) is 148 Å². The monoisotopic (exact) mass is 856 g/mol. The fraction of sp³-hybridized carbons (Fsp3) is 0.367. The van der Waals surface area contributed by atoms with Crippen LogP contribution in [0.2, 0.25) is 0 Å². The van der Waals surface area contributed by atoms with Crippen molar-refractivity contribution in [1.29, 1.82) is 0 Å². The summed E-state index contributed by atoms with van der Waals surface area (Å²) in [5.74, 6) is 0. The molecule has 0 fully saturated rings. The molecule has 0 bridgehead atoms. The number of hydrogen-bond donors (Lipinski definition) is 0. The van der Waals surface area contributed by atoms with E-state index in [1.54, 1.807) is 0 Å². The van der Waals surface area contributed by atoms with Gasteiger partial charge in [0, 0.05) is 43.2 Å². The van der Waals surface area contributed by atoms with Gasteiger partial charge in [-0.15, -0.1) is 11.3 Å². The molecule has 4 heteroatoms. The molecule has 0 amide bonds. The van der Waals surface area contributed by atoms with Crippen LogP contribution in [0.3, 0.4) is 0 Å². The lowest BCUT2D eigenvalue weighted by Crippen LogP contribution is -2.61. The quantitative estimate of drug-likeness (QED) is 0.163. The lowest BCUT2D eigenvalue weighted by molar-refractivity contribution is 0.332. The highest BCUT2D eigenvalue weighted by molar-refractivity contribution is 7.33. The van der Waals surface area contributed by atoms with E-state index in [9.17, 15) is 0 Å². The second kappa shape index (κ2) is 13.7. The lowest BCUT2D eigenvalue weighted by Gasteiger charge is -2.50. The molecule has 0 saturated carbocycles. The summed E-state index contributed by atoms with van der Waals surface area (Å²) in [6, 6.07) is 43.4. The van der Waals surface area contributed by atoms with Crippen molar-refractivity contribution >= 4 is 78.0 Å². The fourth-order valence-electron chi connectivity index (χ4n) is 12.2. The topological polar surface area (TPSA) is 6.48 Å². The molecule has 2 aliphatic carbocycles. The van der Waals surface area contributed by atoms with Gasteiger partial charge < -0.3 is 9.80 Å². The highest BCUT2D eigenvalue weighted by Gasteiger charge is 2.50. The maximum absolute atomic E-state index is 2.81. The number of fused-ring (bicyclic) bond motifs is 9. The first kappa shape index (κ1) is 41.6. The van der Waals surface area contributed by atoms with Crippen LogP contribution in [0, 0.1) is 13.8 Å². The van der Waals surface area contributed by atoms with E-state index in [-0.39, 0.29) is 33.8 Å². The van der Waals surface area contributed by atoms with Crippen molar-refractivity contribution in [2.75, 3.05) is 9.80 Å². The Morgan fingerprint density at radius 1 is 0.547 bits per heavy atom. The lowest BCUT2D eigenvalue weighted by atomic mass is 9.35. The predicted molar refractivity (Wildman–Crippen MR) is 280 cm³/mol. The van der Waals surface area contributed by atoms with Crippen LogP contribution >= 0.6 is 11.3 Å². The maximum Gasteiger partial charge on any atom is 0.264 e. The van der Waals surface area contributed by atoms with Gasteiger partial charge in [0.1, 0.15) is 0 Å². The summed E-state index contributed by atoms with van der Waals surface area (Å²) in [5.41, 5.74) is 23.5. The highest BCUT2D eigenvalue weighted by atomic mass is 32.1. The Bertz CT molecular complexity index is 3060. The van der Waals surface area contributed by atoms with E-state index >= 15 is 0 Å². The molecule has 2 aliphatic heterocycles. The zero-order chi connectivity index (χ0) is 45.0. The summed E-state index contributed by atoms with van der Waals surface area (Å²) in [6.07, 6.45) is 4.68. The van der Waals surface area contributed by atoms with Crippen molar-refractivity contribution < 1.29 is 0 Å². The van der Waals surface area contributed by atoms with E-state index in [4.69, 9.17) is 0 Å². The number of nitrogens with zero attached hydrogens (tertiary/aromatic N) is 2. The van der Waals surface area contributed by atoms with E-state index in [0.29, 0.717) is 0 Å². The van der Waals surface area contributed by atoms with Crippen LogP contribution in [0.4, 0.5) is 34.1 Å². The van der Waals surface area contributed by atoms with E-state index < -0.39 is 0 Å². The van der Waals surface area contributed by atoms with Gasteiger partial charge in [-0.1, -0.05) is 142 Å². The normalized spacial score (nSPS) is 18.5. The molecule has 324 valence electrons. The maximum atomic E-state index is 2.81. The Kier molecular flexibility index (Phi) is 8.94. The molecule has 1 aromatic heterocycles. The molecule has 0 spiro atoms. The van der Waals surface area contributed by atoms with Gasteiger partial charge in [0.25, 0.3) is 6.71 Å². The van der Waals surface area contributed by atoms with Gasteiger partial charge in [-0.25, -0.2) is 0 Å². The van der Waals surface area contributed by atoms with Crippen LogP contribution in [0.1, 0.15) is 141 Å². The largest absolute Gasteiger partial charge is 0.310 e. The van der Waals surface area contributed by atoms with Gasteiger partial charge in [-0.05, 0) is 165 Å². The smallest absolute Gasteiger partial charge is 0.264 e. The zero-order valence-electron chi connectivity index (χ0n) is 40.6. The SMILES string of the molecule is Cc1cc2c3c(c1)N(c1ccc(C(C)(C)C)cc1)c1c(sc4ccc(C)cc14)B3c1ccc3c(c1N2c1cc2c(cc1-c1ccccc1)C(C)(C)CCC2(C)C)C(C)(C)CCC3(C)C. The third-order valence-corrected chi connectivity index (χ3v) is 17.4. The molecule has 0 unspecified atom stereocenters. The van der Waals surface area contributed by atoms with E-state index in [0.717, 1.165) is 6.42 Å². The van der Waals surface area contributed by atoms with Gasteiger partial charge >= 0.3 is 0 Å². The molecule has 4 aliphatic rings. The van der Waals surface area contributed by atoms with E-state index in [2.05, 4.69) is 209 Å². The Labute approximate surface area is 387 Å². The molecule has 7 aromatic rings. The molecular formula is C60H65BN2S. The summed E-state index contributed by atoms with van der Waals surface area (Å²) in [4.78, 5) is 5.46. The second-order valence-electron chi connectivity index (χ2n) is 23.7. The standard InChI is InChI=1S/C60H65BN2S/c1-36-19-26-50-42(31-36)53-55(64-50)61-46-25-24-43-51(60(12,13)30-29-57(43,6)7)54(46)63(49-33-37(2)32-48(52(49)61)62(53)40-22-20-39(21-23-40)56(3,4)5)47-35-45-44(58(8,9)27-28-59(45,10)11)34-41(47)38-17-15-14-16-18-38/h14-26,31-35H,27-30H2,1-13H3. The minimum absolute atomic E-state index is 0.0312. The highest BCUT2D eigenvalue weighted by Crippen LogP contribution is 2.57. The first-order chi connectivity index (χ1) is 30.2. The summed E-state index contributed by atoms with van der Waals surface area (Å²) in [7, 11) is 0. The molecule has 0 atom stereocenters. The zero-order valence-corrected chi connectivity index (χ0v) is 41.4. The Hall–Kier alpha value is -5.06. The van der Waals surface area contributed by atoms with E-state index in [1.165, 1.54) is 129 Å². The summed E-state index contributed by atoms with van der Waals surface area (Å²) in [5, 5.41) is 1.35. The van der Waals surface area contributed by atoms with Gasteiger partial charge in [0.05, 0.1) is 11.4 Å². The van der Waals surface area contributed by atoms with Crippen molar-refractivity contribution in [2.24, 2.45) is 0 Å². The molecule has 0 radical (unpaired) electrons. The van der Waals surface area contributed by atoms with Crippen molar-refractivity contribution in [1.82, 2.24) is 0 Å². The first-order valence-corrected chi connectivity index (χ1v) is 24.8. The molecule has 2 nitrogen and oxygen atoms in total. The van der Waals surface area contributed by atoms with Crippen LogP contribution in [-0.2, 0) is 27.1 Å². The summed E-state index contributed by atoms with van der Waals surface area (Å²) in [6.45, 7) is 31.6. The molecule has 0 N–H and O–H groups in total. The fourth-order valence-corrected chi connectivity index (χ4v) is 13.5. The number of anilines is 6. The molecule has 3 heterocycles. The third kappa shape index (κ3) is 6.10. The summed E-state index contributed by atoms with van der Waals surface area (Å²) < 4.78 is 2.80. The number of hydrogen-bond acceptors (Lipinski definition) is 3. The number of benzene rings is 6. The minimum atomic E-state index is -0.0312. The van der Waals surface area contributed by atoms with Crippen molar-refractivity contribution in [3.8, 4) is 11.1 Å². The number of thiophene rings is 1. The second-order valence-corrected chi connectivity index (χ2v) is 24.8. The van der Waals surface area contributed by atoms with Gasteiger partial charge in [0.2, 0.25) is 0 Å².